The number of aromatic nitrogens is 2. The van der Waals surface area contributed by atoms with Crippen LogP contribution in [0.1, 0.15) is 10.5 Å². The number of sulfonamides is 1. The quantitative estimate of drug-likeness (QED) is 0.496. The molecule has 30 heavy (non-hydrogen) atoms. The standard InChI is InChI=1S/C22H18N4O3S/c27-22(21-15-16-26(24-21)17-9-3-1-4-10-17)23-19-13-7-8-14-20(19)25-30(28,29)18-11-5-2-6-12-18/h1-16,25H,(H,23,27). The van der Waals surface area contributed by atoms with Gasteiger partial charge in [0, 0.05) is 6.20 Å². The van der Waals surface area contributed by atoms with Crippen LogP contribution >= 0.6 is 0 Å². The smallest absolute Gasteiger partial charge is 0.276 e. The molecule has 7 nitrogen and oxygen atoms in total. The molecule has 0 radical (unpaired) electrons. The molecule has 0 aliphatic heterocycles. The fourth-order valence-electron chi connectivity index (χ4n) is 2.84. The van der Waals surface area contributed by atoms with E-state index < -0.39 is 15.9 Å². The number of carbonyl (C=O) groups excluding carboxylic acids is 1. The van der Waals surface area contributed by atoms with Gasteiger partial charge in [-0.2, -0.15) is 5.10 Å². The van der Waals surface area contributed by atoms with Gasteiger partial charge in [-0.3, -0.25) is 9.52 Å². The Morgan fingerprint density at radius 3 is 2.07 bits per heavy atom. The summed E-state index contributed by atoms with van der Waals surface area (Å²) in [5.41, 5.74) is 1.63. The van der Waals surface area contributed by atoms with E-state index in [0.29, 0.717) is 5.69 Å². The zero-order chi connectivity index (χ0) is 21.0. The van der Waals surface area contributed by atoms with Crippen LogP contribution in [-0.4, -0.2) is 24.1 Å². The van der Waals surface area contributed by atoms with Crippen molar-refractivity contribution in [3.05, 3.63) is 103 Å². The largest absolute Gasteiger partial charge is 0.319 e. The van der Waals surface area contributed by atoms with Crippen molar-refractivity contribution in [1.29, 1.82) is 0 Å². The summed E-state index contributed by atoms with van der Waals surface area (Å²) in [5, 5.41) is 7.02. The third-order valence-electron chi connectivity index (χ3n) is 4.32. The van der Waals surface area contributed by atoms with Gasteiger partial charge >= 0.3 is 0 Å². The molecule has 150 valence electrons. The number of rotatable bonds is 6. The summed E-state index contributed by atoms with van der Waals surface area (Å²) in [6.45, 7) is 0. The first-order valence-corrected chi connectivity index (χ1v) is 10.6. The minimum absolute atomic E-state index is 0.132. The topological polar surface area (TPSA) is 93.1 Å². The second-order valence-electron chi connectivity index (χ2n) is 6.40. The fraction of sp³-hybridized carbons (Fsp3) is 0. The van der Waals surface area contributed by atoms with Crippen LogP contribution in [0.5, 0.6) is 0 Å². The van der Waals surface area contributed by atoms with Gasteiger partial charge in [0.2, 0.25) is 0 Å². The fourth-order valence-corrected chi connectivity index (χ4v) is 3.94. The summed E-state index contributed by atoms with van der Waals surface area (Å²) in [7, 11) is -3.79. The first kappa shape index (κ1) is 19.4. The molecule has 4 rings (SSSR count). The van der Waals surface area contributed by atoms with Crippen molar-refractivity contribution >= 4 is 27.3 Å². The van der Waals surface area contributed by atoms with Gasteiger partial charge in [0.1, 0.15) is 0 Å². The summed E-state index contributed by atoms with van der Waals surface area (Å²) < 4.78 is 29.4. The molecule has 0 atom stereocenters. The Labute approximate surface area is 174 Å². The molecule has 8 heteroatoms. The zero-order valence-corrected chi connectivity index (χ0v) is 16.6. The van der Waals surface area contributed by atoms with E-state index in [1.807, 2.05) is 30.3 Å². The SMILES string of the molecule is O=C(Nc1ccccc1NS(=O)(=O)c1ccccc1)c1ccn(-c2ccccc2)n1. The van der Waals surface area contributed by atoms with Gasteiger partial charge in [0.05, 0.1) is 22.0 Å². The molecular formula is C22H18N4O3S. The first-order valence-electron chi connectivity index (χ1n) is 9.12. The number of hydrogen-bond donors (Lipinski definition) is 2. The maximum Gasteiger partial charge on any atom is 0.276 e. The van der Waals surface area contributed by atoms with E-state index >= 15 is 0 Å². The van der Waals surface area contributed by atoms with E-state index in [9.17, 15) is 13.2 Å². The first-order chi connectivity index (χ1) is 14.5. The third kappa shape index (κ3) is 4.23. The lowest BCUT2D eigenvalue weighted by Crippen LogP contribution is -2.17. The summed E-state index contributed by atoms with van der Waals surface area (Å²) >= 11 is 0. The van der Waals surface area contributed by atoms with Crippen LogP contribution in [0.3, 0.4) is 0 Å². The molecular weight excluding hydrogens is 400 g/mol. The van der Waals surface area contributed by atoms with Crippen LogP contribution < -0.4 is 10.0 Å². The molecule has 4 aromatic rings. The van der Waals surface area contributed by atoms with E-state index in [1.54, 1.807) is 59.4 Å². The normalized spacial score (nSPS) is 11.1. The predicted octanol–water partition coefficient (Wildman–Crippen LogP) is 3.93. The van der Waals surface area contributed by atoms with Gasteiger partial charge in [-0.15, -0.1) is 0 Å². The second kappa shape index (κ2) is 8.22. The van der Waals surface area contributed by atoms with E-state index in [2.05, 4.69) is 15.1 Å². The monoisotopic (exact) mass is 418 g/mol. The molecule has 1 aromatic heterocycles. The highest BCUT2D eigenvalue weighted by molar-refractivity contribution is 7.92. The summed E-state index contributed by atoms with van der Waals surface area (Å²) in [4.78, 5) is 12.8. The van der Waals surface area contributed by atoms with Crippen LogP contribution in [0.25, 0.3) is 5.69 Å². The lowest BCUT2D eigenvalue weighted by molar-refractivity contribution is 0.102. The Morgan fingerprint density at radius 2 is 1.37 bits per heavy atom. The number of anilines is 2. The molecule has 3 aromatic carbocycles. The number of carbonyl (C=O) groups is 1. The summed E-state index contributed by atoms with van der Waals surface area (Å²) in [6.07, 6.45) is 1.69. The van der Waals surface area contributed by atoms with Crippen LogP contribution in [0, 0.1) is 0 Å². The van der Waals surface area contributed by atoms with Gasteiger partial charge in [-0.1, -0.05) is 48.5 Å². The second-order valence-corrected chi connectivity index (χ2v) is 8.08. The average molecular weight is 418 g/mol. The van der Waals surface area contributed by atoms with Crippen molar-refractivity contribution in [2.45, 2.75) is 4.90 Å². The molecule has 0 unspecified atom stereocenters. The molecule has 1 amide bonds. The molecule has 0 fully saturated rings. The lowest BCUT2D eigenvalue weighted by atomic mass is 10.2. The Bertz CT molecular complexity index is 1270. The highest BCUT2D eigenvalue weighted by Crippen LogP contribution is 2.25. The van der Waals surface area contributed by atoms with Gasteiger partial charge in [-0.05, 0) is 42.5 Å². The molecule has 0 spiro atoms. The van der Waals surface area contributed by atoms with Crippen molar-refractivity contribution in [1.82, 2.24) is 9.78 Å². The maximum absolute atomic E-state index is 12.7. The van der Waals surface area contributed by atoms with Crippen LogP contribution in [0.2, 0.25) is 0 Å². The van der Waals surface area contributed by atoms with Crippen LogP contribution in [0.15, 0.2) is 102 Å². The summed E-state index contributed by atoms with van der Waals surface area (Å²) in [5.74, 6) is -0.448. The van der Waals surface area contributed by atoms with Gasteiger partial charge < -0.3 is 5.32 Å². The van der Waals surface area contributed by atoms with Crippen molar-refractivity contribution in [3.8, 4) is 5.69 Å². The highest BCUT2D eigenvalue weighted by Gasteiger charge is 2.17. The molecule has 0 saturated carbocycles. The van der Waals surface area contributed by atoms with Crippen LogP contribution in [0.4, 0.5) is 11.4 Å². The number of amides is 1. The number of nitrogens with zero attached hydrogens (tertiary/aromatic N) is 2. The Kier molecular flexibility index (Phi) is 5.32. The summed E-state index contributed by atoms with van der Waals surface area (Å²) in [6, 6.07) is 25.6. The molecule has 0 aliphatic carbocycles. The minimum atomic E-state index is -3.79. The van der Waals surface area contributed by atoms with E-state index in [4.69, 9.17) is 0 Å². The molecule has 0 aliphatic rings. The Balaban J connectivity index is 1.55. The third-order valence-corrected chi connectivity index (χ3v) is 5.70. The van der Waals surface area contributed by atoms with Crippen molar-refractivity contribution in [3.63, 3.8) is 0 Å². The van der Waals surface area contributed by atoms with E-state index in [0.717, 1.165) is 5.69 Å². The molecule has 1 heterocycles. The molecule has 0 bridgehead atoms. The van der Waals surface area contributed by atoms with E-state index in [1.165, 1.54) is 12.1 Å². The highest BCUT2D eigenvalue weighted by atomic mass is 32.2. The van der Waals surface area contributed by atoms with Crippen molar-refractivity contribution in [2.24, 2.45) is 0 Å². The number of para-hydroxylation sites is 3. The Morgan fingerprint density at radius 1 is 0.767 bits per heavy atom. The Hall–Kier alpha value is -3.91. The number of benzene rings is 3. The van der Waals surface area contributed by atoms with Gasteiger partial charge in [0.25, 0.3) is 15.9 Å². The van der Waals surface area contributed by atoms with E-state index in [-0.39, 0.29) is 16.3 Å². The number of nitrogens with one attached hydrogen (secondary N) is 2. The van der Waals surface area contributed by atoms with Crippen molar-refractivity contribution in [2.75, 3.05) is 10.0 Å². The lowest BCUT2D eigenvalue weighted by Gasteiger charge is -2.13. The van der Waals surface area contributed by atoms with Gasteiger partial charge in [-0.25, -0.2) is 13.1 Å². The van der Waals surface area contributed by atoms with Crippen molar-refractivity contribution < 1.29 is 13.2 Å². The predicted molar refractivity (Wildman–Crippen MR) is 115 cm³/mol. The zero-order valence-electron chi connectivity index (χ0n) is 15.8. The van der Waals surface area contributed by atoms with Crippen LogP contribution in [-0.2, 0) is 10.0 Å². The van der Waals surface area contributed by atoms with Gasteiger partial charge in [0.15, 0.2) is 5.69 Å². The molecule has 2 N–H and O–H groups in total. The maximum atomic E-state index is 12.7. The molecule has 0 saturated heterocycles. The average Bonchev–Trinajstić information content (AvgIpc) is 3.27. The number of hydrogen-bond acceptors (Lipinski definition) is 4. The minimum Gasteiger partial charge on any atom is -0.319 e.